The van der Waals surface area contributed by atoms with Gasteiger partial charge in [0.2, 0.25) is 0 Å². The van der Waals surface area contributed by atoms with Gasteiger partial charge in [-0.25, -0.2) is 0 Å². The monoisotopic (exact) mass is 278 g/mol. The van der Waals surface area contributed by atoms with E-state index in [1.165, 1.54) is 7.11 Å². The van der Waals surface area contributed by atoms with Crippen molar-refractivity contribution in [3.63, 3.8) is 0 Å². The van der Waals surface area contributed by atoms with E-state index in [1.54, 1.807) is 18.2 Å². The van der Waals surface area contributed by atoms with Gasteiger partial charge in [0, 0.05) is 10.9 Å². The molecule has 0 fully saturated rings. The van der Waals surface area contributed by atoms with Crippen LogP contribution in [0.4, 0.5) is 0 Å². The predicted octanol–water partition coefficient (Wildman–Crippen LogP) is 3.28. The first kappa shape index (κ1) is 13.8. The minimum Gasteiger partial charge on any atom is -0.469 e. The number of allylic oxidation sites excluding steroid dienone is 1. The van der Waals surface area contributed by atoms with Crippen LogP contribution in [0, 0.1) is 0 Å². The van der Waals surface area contributed by atoms with Crippen molar-refractivity contribution in [2.45, 2.75) is 25.2 Å². The molecule has 4 heteroatoms. The van der Waals surface area contributed by atoms with E-state index >= 15 is 0 Å². The van der Waals surface area contributed by atoms with E-state index in [0.717, 1.165) is 24.0 Å². The molecule has 0 aliphatic heterocycles. The van der Waals surface area contributed by atoms with E-state index in [1.807, 2.05) is 12.1 Å². The topological polar surface area (TPSA) is 43.4 Å². The highest BCUT2D eigenvalue weighted by Crippen LogP contribution is 2.31. The molecule has 19 heavy (non-hydrogen) atoms. The smallest absolute Gasteiger partial charge is 0.309 e. The fourth-order valence-electron chi connectivity index (χ4n) is 2.27. The first-order valence-corrected chi connectivity index (χ1v) is 6.53. The Morgan fingerprint density at radius 1 is 1.37 bits per heavy atom. The first-order valence-electron chi connectivity index (χ1n) is 6.15. The zero-order chi connectivity index (χ0) is 13.8. The molecule has 100 valence electrons. The number of ether oxygens (including phenoxy) is 1. The maximum Gasteiger partial charge on any atom is 0.309 e. The first-order chi connectivity index (χ1) is 9.10. The second-order valence-corrected chi connectivity index (χ2v) is 5.04. The lowest BCUT2D eigenvalue weighted by Gasteiger charge is -2.20. The number of methoxy groups -OCH3 is 1. The normalized spacial score (nSPS) is 18.9. The molecule has 0 radical (unpaired) electrons. The number of halogens is 1. The summed E-state index contributed by atoms with van der Waals surface area (Å²) in [5.41, 5.74) is 1.82. The van der Waals surface area contributed by atoms with Crippen molar-refractivity contribution in [1.29, 1.82) is 0 Å². The molecule has 2 rings (SSSR count). The van der Waals surface area contributed by atoms with Gasteiger partial charge in [0.05, 0.1) is 13.5 Å². The van der Waals surface area contributed by atoms with E-state index in [-0.39, 0.29) is 24.1 Å². The predicted molar refractivity (Wildman–Crippen MR) is 73.2 cm³/mol. The zero-order valence-corrected chi connectivity index (χ0v) is 11.4. The van der Waals surface area contributed by atoms with Crippen molar-refractivity contribution < 1.29 is 14.3 Å². The Kier molecular flexibility index (Phi) is 4.38. The van der Waals surface area contributed by atoms with Gasteiger partial charge in [-0.1, -0.05) is 29.3 Å². The van der Waals surface area contributed by atoms with Crippen LogP contribution in [0.1, 0.15) is 30.7 Å². The lowest BCUT2D eigenvalue weighted by Crippen LogP contribution is -2.17. The molecule has 0 aromatic heterocycles. The summed E-state index contributed by atoms with van der Waals surface area (Å²) in [6.45, 7) is 0. The van der Waals surface area contributed by atoms with Crippen LogP contribution in [0.3, 0.4) is 0 Å². The van der Waals surface area contributed by atoms with Crippen molar-refractivity contribution >= 4 is 23.4 Å². The molecular formula is C15H15ClO3. The molecule has 1 aromatic carbocycles. The third-order valence-corrected chi connectivity index (χ3v) is 3.57. The molecule has 0 N–H and O–H groups in total. The second-order valence-electron chi connectivity index (χ2n) is 4.60. The summed E-state index contributed by atoms with van der Waals surface area (Å²) in [7, 11) is 1.35. The highest BCUT2D eigenvalue weighted by atomic mass is 35.5. The van der Waals surface area contributed by atoms with Crippen molar-refractivity contribution in [3.05, 3.63) is 46.5 Å². The third-order valence-electron chi connectivity index (χ3n) is 3.32. The summed E-state index contributed by atoms with van der Waals surface area (Å²) in [6.07, 6.45) is 3.26. The Morgan fingerprint density at radius 2 is 2.05 bits per heavy atom. The van der Waals surface area contributed by atoms with E-state index in [9.17, 15) is 9.59 Å². The Hall–Kier alpha value is -1.61. The molecule has 0 heterocycles. The van der Waals surface area contributed by atoms with Crippen LogP contribution in [0.2, 0.25) is 5.02 Å². The molecule has 0 amide bonds. The summed E-state index contributed by atoms with van der Waals surface area (Å²) < 4.78 is 4.61. The maximum absolute atomic E-state index is 12.1. The molecule has 0 saturated carbocycles. The van der Waals surface area contributed by atoms with Crippen LogP contribution >= 0.6 is 11.6 Å². The van der Waals surface area contributed by atoms with Crippen molar-refractivity contribution in [2.24, 2.45) is 0 Å². The van der Waals surface area contributed by atoms with Gasteiger partial charge in [-0.05, 0) is 36.6 Å². The van der Waals surface area contributed by atoms with E-state index in [0.29, 0.717) is 5.02 Å². The van der Waals surface area contributed by atoms with Gasteiger partial charge in [0.15, 0.2) is 5.78 Å². The van der Waals surface area contributed by atoms with E-state index in [2.05, 4.69) is 4.74 Å². The van der Waals surface area contributed by atoms with Gasteiger partial charge in [0.25, 0.3) is 0 Å². The van der Waals surface area contributed by atoms with E-state index < -0.39 is 0 Å². The number of carbonyl (C=O) groups is 2. The number of carbonyl (C=O) groups excluding carboxylic acids is 2. The number of rotatable bonds is 3. The van der Waals surface area contributed by atoms with E-state index in [4.69, 9.17) is 11.6 Å². The van der Waals surface area contributed by atoms with Crippen LogP contribution in [-0.4, -0.2) is 18.9 Å². The molecular weight excluding hydrogens is 264 g/mol. The molecule has 1 aliphatic carbocycles. The zero-order valence-electron chi connectivity index (χ0n) is 10.7. The van der Waals surface area contributed by atoms with Crippen molar-refractivity contribution in [3.8, 4) is 0 Å². The largest absolute Gasteiger partial charge is 0.469 e. The van der Waals surface area contributed by atoms with Gasteiger partial charge in [-0.15, -0.1) is 0 Å². The van der Waals surface area contributed by atoms with Gasteiger partial charge >= 0.3 is 5.97 Å². The molecule has 0 saturated heterocycles. The summed E-state index contributed by atoms with van der Waals surface area (Å²) in [4.78, 5) is 23.3. The van der Waals surface area contributed by atoms with Crippen LogP contribution in [-0.2, 0) is 14.3 Å². The fourth-order valence-corrected chi connectivity index (χ4v) is 2.39. The summed E-state index contributed by atoms with van der Waals surface area (Å²) in [6, 6.07) is 7.34. The van der Waals surface area contributed by atoms with Crippen LogP contribution in [0.5, 0.6) is 0 Å². The Labute approximate surface area is 117 Å². The van der Waals surface area contributed by atoms with Gasteiger partial charge < -0.3 is 4.74 Å². The Morgan fingerprint density at radius 3 is 2.63 bits per heavy atom. The quantitative estimate of drug-likeness (QED) is 0.797. The SMILES string of the molecule is COC(=O)CC1=CC(=O)[C@H](c2ccc(Cl)cc2)CC1. The molecule has 0 spiro atoms. The second kappa shape index (κ2) is 6.02. The van der Waals surface area contributed by atoms with Crippen LogP contribution in [0.25, 0.3) is 0 Å². The third kappa shape index (κ3) is 3.44. The Bertz CT molecular complexity index is 517. The van der Waals surface area contributed by atoms with Gasteiger partial charge in [-0.3, -0.25) is 9.59 Å². The molecule has 3 nitrogen and oxygen atoms in total. The lowest BCUT2D eigenvalue weighted by molar-refractivity contribution is -0.139. The van der Waals surface area contributed by atoms with Crippen molar-refractivity contribution in [1.82, 2.24) is 0 Å². The van der Waals surface area contributed by atoms with Crippen LogP contribution < -0.4 is 0 Å². The number of esters is 1. The highest BCUT2D eigenvalue weighted by molar-refractivity contribution is 6.30. The molecule has 0 bridgehead atoms. The van der Waals surface area contributed by atoms with Gasteiger partial charge in [0.1, 0.15) is 0 Å². The molecule has 0 unspecified atom stereocenters. The molecule has 1 aliphatic rings. The lowest BCUT2D eigenvalue weighted by atomic mass is 9.83. The fraction of sp³-hybridized carbons (Fsp3) is 0.333. The molecule has 1 aromatic rings. The summed E-state index contributed by atoms with van der Waals surface area (Å²) >= 11 is 5.84. The molecule has 1 atom stereocenters. The highest BCUT2D eigenvalue weighted by Gasteiger charge is 2.24. The maximum atomic E-state index is 12.1. The number of ketones is 1. The standard InChI is InChI=1S/C15H15ClO3/c1-19-15(18)9-10-2-7-13(14(17)8-10)11-3-5-12(16)6-4-11/h3-6,8,13H,2,7,9H2,1H3/t13-/m0/s1. The summed E-state index contributed by atoms with van der Waals surface area (Å²) in [5, 5.41) is 0.661. The number of hydrogen-bond acceptors (Lipinski definition) is 3. The summed E-state index contributed by atoms with van der Waals surface area (Å²) in [5.74, 6) is -0.380. The van der Waals surface area contributed by atoms with Crippen molar-refractivity contribution in [2.75, 3.05) is 7.11 Å². The average Bonchev–Trinajstić information content (AvgIpc) is 2.40. The Balaban J connectivity index is 2.10. The minimum absolute atomic E-state index is 0.0486. The minimum atomic E-state index is -0.302. The number of hydrogen-bond donors (Lipinski definition) is 0. The van der Waals surface area contributed by atoms with Gasteiger partial charge in [-0.2, -0.15) is 0 Å². The van der Waals surface area contributed by atoms with Crippen LogP contribution in [0.15, 0.2) is 35.9 Å². The number of benzene rings is 1. The average molecular weight is 279 g/mol.